The predicted molar refractivity (Wildman–Crippen MR) is 75.0 cm³/mol. The Kier molecular flexibility index (Phi) is 7.32. The quantitative estimate of drug-likeness (QED) is 0.693. The van der Waals surface area contributed by atoms with Gasteiger partial charge in [0.15, 0.2) is 0 Å². The van der Waals surface area contributed by atoms with Crippen molar-refractivity contribution in [3.05, 3.63) is 0 Å². The van der Waals surface area contributed by atoms with Crippen molar-refractivity contribution in [2.45, 2.75) is 76.9 Å². The summed E-state index contributed by atoms with van der Waals surface area (Å²) in [6.07, 6.45) is 14.0. The highest BCUT2D eigenvalue weighted by molar-refractivity contribution is 4.90. The SMILES string of the molecule is C#CCC(CC)NC(C)CC1CCCCCN1. The lowest BCUT2D eigenvalue weighted by Gasteiger charge is -2.25. The molecular formula is C15H28N2. The van der Waals surface area contributed by atoms with E-state index in [0.717, 1.165) is 12.8 Å². The predicted octanol–water partition coefficient (Wildman–Crippen LogP) is 2.69. The summed E-state index contributed by atoms with van der Waals surface area (Å²) in [6.45, 7) is 5.68. The lowest BCUT2D eigenvalue weighted by molar-refractivity contribution is 0.366. The first-order valence-corrected chi connectivity index (χ1v) is 7.19. The third-order valence-corrected chi connectivity index (χ3v) is 3.68. The zero-order valence-electron chi connectivity index (χ0n) is 11.5. The molecule has 17 heavy (non-hydrogen) atoms. The van der Waals surface area contributed by atoms with Crippen LogP contribution in [0.4, 0.5) is 0 Å². The van der Waals surface area contributed by atoms with Gasteiger partial charge >= 0.3 is 0 Å². The largest absolute Gasteiger partial charge is 0.314 e. The first-order chi connectivity index (χ1) is 8.26. The van der Waals surface area contributed by atoms with E-state index >= 15 is 0 Å². The van der Waals surface area contributed by atoms with Crippen molar-refractivity contribution < 1.29 is 0 Å². The average molecular weight is 236 g/mol. The van der Waals surface area contributed by atoms with Gasteiger partial charge in [0.05, 0.1) is 0 Å². The minimum absolute atomic E-state index is 0.487. The summed E-state index contributed by atoms with van der Waals surface area (Å²) >= 11 is 0. The van der Waals surface area contributed by atoms with Crippen LogP contribution in [-0.4, -0.2) is 24.7 Å². The van der Waals surface area contributed by atoms with Gasteiger partial charge in [0, 0.05) is 24.5 Å². The second kappa shape index (κ2) is 8.55. The van der Waals surface area contributed by atoms with E-state index < -0.39 is 0 Å². The molecule has 0 aromatic heterocycles. The maximum absolute atomic E-state index is 5.38. The van der Waals surface area contributed by atoms with Crippen LogP contribution in [0.5, 0.6) is 0 Å². The molecule has 0 aliphatic carbocycles. The van der Waals surface area contributed by atoms with Gasteiger partial charge in [-0.05, 0) is 39.2 Å². The van der Waals surface area contributed by atoms with Gasteiger partial charge in [-0.1, -0.05) is 19.8 Å². The average Bonchev–Trinajstić information content (AvgIpc) is 2.57. The normalized spacial score (nSPS) is 24.6. The van der Waals surface area contributed by atoms with Crippen molar-refractivity contribution in [1.29, 1.82) is 0 Å². The molecule has 1 saturated heterocycles. The summed E-state index contributed by atoms with van der Waals surface area (Å²) in [5.41, 5.74) is 0. The molecule has 0 spiro atoms. The number of rotatable bonds is 6. The lowest BCUT2D eigenvalue weighted by atomic mass is 10.0. The van der Waals surface area contributed by atoms with Gasteiger partial charge in [0.25, 0.3) is 0 Å². The van der Waals surface area contributed by atoms with E-state index in [2.05, 4.69) is 30.4 Å². The van der Waals surface area contributed by atoms with Crippen molar-refractivity contribution in [2.75, 3.05) is 6.54 Å². The van der Waals surface area contributed by atoms with Crippen LogP contribution in [-0.2, 0) is 0 Å². The fourth-order valence-corrected chi connectivity index (χ4v) is 2.66. The Morgan fingerprint density at radius 3 is 2.94 bits per heavy atom. The van der Waals surface area contributed by atoms with E-state index in [1.165, 1.54) is 38.6 Å². The fraction of sp³-hybridized carbons (Fsp3) is 0.867. The molecule has 0 bridgehead atoms. The van der Waals surface area contributed by atoms with Crippen molar-refractivity contribution >= 4 is 0 Å². The summed E-state index contributed by atoms with van der Waals surface area (Å²) in [4.78, 5) is 0. The molecule has 1 aliphatic heterocycles. The monoisotopic (exact) mass is 236 g/mol. The summed E-state index contributed by atoms with van der Waals surface area (Å²) in [5, 5.41) is 7.31. The standard InChI is InChI=1S/C15H28N2/c1-4-9-14(5-2)17-13(3)12-15-10-7-6-8-11-16-15/h1,13-17H,5-12H2,2-3H3. The van der Waals surface area contributed by atoms with Gasteiger partial charge in [-0.15, -0.1) is 12.3 Å². The molecule has 3 unspecified atom stereocenters. The van der Waals surface area contributed by atoms with Gasteiger partial charge in [-0.2, -0.15) is 0 Å². The highest BCUT2D eigenvalue weighted by atomic mass is 15.0. The van der Waals surface area contributed by atoms with E-state index in [4.69, 9.17) is 6.42 Å². The Bertz CT molecular complexity index is 224. The molecule has 1 rings (SSSR count). The molecule has 0 saturated carbocycles. The van der Waals surface area contributed by atoms with E-state index in [9.17, 15) is 0 Å². The van der Waals surface area contributed by atoms with Crippen molar-refractivity contribution in [3.8, 4) is 12.3 Å². The first-order valence-electron chi connectivity index (χ1n) is 7.19. The molecule has 0 aromatic carbocycles. The topological polar surface area (TPSA) is 24.1 Å². The van der Waals surface area contributed by atoms with Gasteiger partial charge < -0.3 is 10.6 Å². The van der Waals surface area contributed by atoms with Crippen LogP contribution in [0.2, 0.25) is 0 Å². The maximum atomic E-state index is 5.38. The lowest BCUT2D eigenvalue weighted by Crippen LogP contribution is -2.41. The maximum Gasteiger partial charge on any atom is 0.0240 e. The summed E-state index contributed by atoms with van der Waals surface area (Å²) < 4.78 is 0. The van der Waals surface area contributed by atoms with Crippen molar-refractivity contribution in [2.24, 2.45) is 0 Å². The van der Waals surface area contributed by atoms with E-state index in [-0.39, 0.29) is 0 Å². The second-order valence-electron chi connectivity index (χ2n) is 5.32. The second-order valence-corrected chi connectivity index (χ2v) is 5.32. The van der Waals surface area contributed by atoms with E-state index in [1.54, 1.807) is 0 Å². The van der Waals surface area contributed by atoms with Crippen LogP contribution in [0, 0.1) is 12.3 Å². The summed E-state index contributed by atoms with van der Waals surface area (Å²) in [6, 6.07) is 1.74. The number of hydrogen-bond donors (Lipinski definition) is 2. The number of hydrogen-bond acceptors (Lipinski definition) is 2. The molecule has 2 N–H and O–H groups in total. The smallest absolute Gasteiger partial charge is 0.0240 e. The zero-order valence-corrected chi connectivity index (χ0v) is 11.5. The van der Waals surface area contributed by atoms with Crippen molar-refractivity contribution in [3.63, 3.8) is 0 Å². The summed E-state index contributed by atoms with van der Waals surface area (Å²) in [7, 11) is 0. The molecule has 98 valence electrons. The molecule has 2 heteroatoms. The molecule has 1 heterocycles. The van der Waals surface area contributed by atoms with Gasteiger partial charge in [0.2, 0.25) is 0 Å². The number of nitrogens with one attached hydrogen (secondary N) is 2. The van der Waals surface area contributed by atoms with Crippen LogP contribution in [0.3, 0.4) is 0 Å². The van der Waals surface area contributed by atoms with Crippen molar-refractivity contribution in [1.82, 2.24) is 10.6 Å². The molecule has 0 amide bonds. The molecule has 0 aromatic rings. The Labute approximate surface area is 107 Å². The zero-order chi connectivity index (χ0) is 12.5. The fourth-order valence-electron chi connectivity index (χ4n) is 2.66. The molecule has 3 atom stereocenters. The Hall–Kier alpha value is -0.520. The molecule has 2 nitrogen and oxygen atoms in total. The Balaban J connectivity index is 2.26. The van der Waals surface area contributed by atoms with Gasteiger partial charge in [-0.3, -0.25) is 0 Å². The van der Waals surface area contributed by atoms with Crippen LogP contribution < -0.4 is 10.6 Å². The molecular weight excluding hydrogens is 208 g/mol. The Morgan fingerprint density at radius 2 is 2.24 bits per heavy atom. The minimum Gasteiger partial charge on any atom is -0.314 e. The third-order valence-electron chi connectivity index (χ3n) is 3.68. The van der Waals surface area contributed by atoms with Crippen LogP contribution in [0.1, 0.15) is 58.8 Å². The molecule has 0 radical (unpaired) electrons. The number of terminal acetylenes is 1. The first kappa shape index (κ1) is 14.5. The Morgan fingerprint density at radius 1 is 1.41 bits per heavy atom. The molecule has 1 aliphatic rings. The van der Waals surface area contributed by atoms with Gasteiger partial charge in [-0.25, -0.2) is 0 Å². The van der Waals surface area contributed by atoms with E-state index in [1.807, 2.05) is 0 Å². The summed E-state index contributed by atoms with van der Waals surface area (Å²) in [5.74, 6) is 2.76. The highest BCUT2D eigenvalue weighted by Crippen LogP contribution is 2.13. The third kappa shape index (κ3) is 6.10. The highest BCUT2D eigenvalue weighted by Gasteiger charge is 2.16. The van der Waals surface area contributed by atoms with Crippen LogP contribution in [0.15, 0.2) is 0 Å². The van der Waals surface area contributed by atoms with E-state index in [0.29, 0.717) is 18.1 Å². The van der Waals surface area contributed by atoms with Gasteiger partial charge in [0.1, 0.15) is 0 Å². The van der Waals surface area contributed by atoms with Crippen LogP contribution in [0.25, 0.3) is 0 Å². The van der Waals surface area contributed by atoms with Crippen LogP contribution >= 0.6 is 0 Å². The minimum atomic E-state index is 0.487. The molecule has 1 fully saturated rings.